The third kappa shape index (κ3) is 3.59. The Morgan fingerprint density at radius 1 is 1.47 bits per heavy atom. The fraction of sp³-hybridized carbons (Fsp3) is 0.733. The molecule has 0 aliphatic carbocycles. The molecule has 3 atom stereocenters. The molecule has 0 aromatic rings. The molecule has 0 aliphatic rings. The monoisotopic (exact) mass is 237 g/mol. The van der Waals surface area contributed by atoms with Crippen molar-refractivity contribution < 1.29 is 5.11 Å². The maximum Gasteiger partial charge on any atom is 0.0433 e. The van der Waals surface area contributed by atoms with Gasteiger partial charge >= 0.3 is 0 Å². The molecule has 17 heavy (non-hydrogen) atoms. The topological polar surface area (TPSA) is 46.2 Å². The van der Waals surface area contributed by atoms with Crippen LogP contribution in [0, 0.1) is 29.1 Å². The van der Waals surface area contributed by atoms with Crippen LogP contribution in [-0.2, 0) is 0 Å². The molecule has 0 saturated heterocycles. The van der Waals surface area contributed by atoms with Gasteiger partial charge in [0.1, 0.15) is 0 Å². The zero-order valence-corrected chi connectivity index (χ0v) is 11.7. The van der Waals surface area contributed by atoms with Gasteiger partial charge in [-0.25, -0.2) is 0 Å². The Labute approximate surface area is 106 Å². The summed E-state index contributed by atoms with van der Waals surface area (Å²) in [6.45, 7) is 13.2. The molecular formula is C15H27NO. The standard InChI is InChI=1S/C15H27NO/c1-6-8-13(4)15(7-2,11-16)14(5)12(3)9-10-17/h12,14,17H,4,7,9-11,16H2,1-3,5H3/t12?,14-,15+/m1/s1. The van der Waals surface area contributed by atoms with Crippen molar-refractivity contribution in [2.45, 2.75) is 40.5 Å². The number of aliphatic hydroxyl groups is 1. The van der Waals surface area contributed by atoms with E-state index in [0.29, 0.717) is 18.4 Å². The fourth-order valence-corrected chi connectivity index (χ4v) is 2.54. The van der Waals surface area contributed by atoms with E-state index in [0.717, 1.165) is 18.4 Å². The lowest BCUT2D eigenvalue weighted by atomic mass is 9.64. The molecule has 0 amide bonds. The van der Waals surface area contributed by atoms with Crippen molar-refractivity contribution in [3.05, 3.63) is 12.2 Å². The van der Waals surface area contributed by atoms with Crippen LogP contribution in [0.5, 0.6) is 0 Å². The van der Waals surface area contributed by atoms with Gasteiger partial charge in [0.25, 0.3) is 0 Å². The van der Waals surface area contributed by atoms with E-state index >= 15 is 0 Å². The van der Waals surface area contributed by atoms with Crippen molar-refractivity contribution in [1.82, 2.24) is 0 Å². The largest absolute Gasteiger partial charge is 0.396 e. The minimum atomic E-state index is -0.127. The highest BCUT2D eigenvalue weighted by Gasteiger charge is 2.37. The highest BCUT2D eigenvalue weighted by atomic mass is 16.3. The molecule has 0 fully saturated rings. The van der Waals surface area contributed by atoms with Gasteiger partial charge in [0.2, 0.25) is 0 Å². The molecule has 0 saturated carbocycles. The lowest BCUT2D eigenvalue weighted by Crippen LogP contribution is -2.40. The second-order valence-corrected chi connectivity index (χ2v) is 4.85. The molecule has 0 aromatic heterocycles. The van der Waals surface area contributed by atoms with Crippen molar-refractivity contribution in [1.29, 1.82) is 0 Å². The number of rotatable bonds is 7. The summed E-state index contributed by atoms with van der Waals surface area (Å²) >= 11 is 0. The van der Waals surface area contributed by atoms with Gasteiger partial charge in [-0.1, -0.05) is 33.3 Å². The van der Waals surface area contributed by atoms with Crippen LogP contribution in [0.2, 0.25) is 0 Å². The van der Waals surface area contributed by atoms with Crippen LogP contribution in [0.15, 0.2) is 12.2 Å². The molecule has 0 spiro atoms. The summed E-state index contributed by atoms with van der Waals surface area (Å²) in [4.78, 5) is 0. The smallest absolute Gasteiger partial charge is 0.0433 e. The summed E-state index contributed by atoms with van der Waals surface area (Å²) in [6.07, 6.45) is 1.74. The van der Waals surface area contributed by atoms with Gasteiger partial charge in [0.15, 0.2) is 0 Å². The van der Waals surface area contributed by atoms with Crippen molar-refractivity contribution >= 4 is 0 Å². The normalized spacial score (nSPS) is 17.5. The molecule has 0 heterocycles. The molecule has 98 valence electrons. The third-order valence-electron chi connectivity index (χ3n) is 4.18. The molecule has 0 radical (unpaired) electrons. The second kappa shape index (κ2) is 7.53. The Balaban J connectivity index is 5.16. The van der Waals surface area contributed by atoms with E-state index in [9.17, 15) is 0 Å². The van der Waals surface area contributed by atoms with Crippen LogP contribution >= 0.6 is 0 Å². The molecule has 0 aromatic carbocycles. The molecule has 2 nitrogen and oxygen atoms in total. The first kappa shape index (κ1) is 16.2. The van der Waals surface area contributed by atoms with Crippen molar-refractivity contribution in [3.63, 3.8) is 0 Å². The summed E-state index contributed by atoms with van der Waals surface area (Å²) in [6, 6.07) is 0. The van der Waals surface area contributed by atoms with Crippen LogP contribution in [-0.4, -0.2) is 18.3 Å². The Bertz CT molecular complexity index is 294. The SMILES string of the molecule is C=C(C#CC)[C@](CC)(CN)[C@H](C)C(C)CCO. The van der Waals surface area contributed by atoms with Crippen molar-refractivity contribution in [2.24, 2.45) is 23.0 Å². The Morgan fingerprint density at radius 3 is 2.41 bits per heavy atom. The molecule has 0 rings (SSSR count). The van der Waals surface area contributed by atoms with Crippen molar-refractivity contribution in [2.75, 3.05) is 13.2 Å². The zero-order chi connectivity index (χ0) is 13.5. The number of hydrogen-bond donors (Lipinski definition) is 2. The third-order valence-corrected chi connectivity index (χ3v) is 4.18. The van der Waals surface area contributed by atoms with Crippen molar-refractivity contribution in [3.8, 4) is 11.8 Å². The summed E-state index contributed by atoms with van der Waals surface area (Å²) in [5, 5.41) is 9.06. The number of aliphatic hydroxyl groups excluding tert-OH is 1. The minimum Gasteiger partial charge on any atom is -0.396 e. The van der Waals surface area contributed by atoms with Crippen LogP contribution in [0.3, 0.4) is 0 Å². The Morgan fingerprint density at radius 2 is 2.06 bits per heavy atom. The van der Waals surface area contributed by atoms with Crippen LogP contribution in [0.1, 0.15) is 40.5 Å². The first-order valence-corrected chi connectivity index (χ1v) is 6.43. The maximum absolute atomic E-state index is 9.06. The Hall–Kier alpha value is -0.780. The average Bonchev–Trinajstić information content (AvgIpc) is 2.31. The fourth-order valence-electron chi connectivity index (χ4n) is 2.54. The first-order chi connectivity index (χ1) is 7.99. The van der Waals surface area contributed by atoms with E-state index in [1.807, 2.05) is 6.92 Å². The van der Waals surface area contributed by atoms with E-state index in [1.54, 1.807) is 0 Å². The summed E-state index contributed by atoms with van der Waals surface area (Å²) in [5.41, 5.74) is 6.80. The van der Waals surface area contributed by atoms with Gasteiger partial charge < -0.3 is 10.8 Å². The van der Waals surface area contributed by atoms with E-state index in [2.05, 4.69) is 39.2 Å². The lowest BCUT2D eigenvalue weighted by molar-refractivity contribution is 0.143. The summed E-state index contributed by atoms with van der Waals surface area (Å²) in [7, 11) is 0. The molecule has 0 aliphatic heterocycles. The molecular weight excluding hydrogens is 210 g/mol. The summed E-state index contributed by atoms with van der Waals surface area (Å²) < 4.78 is 0. The predicted molar refractivity (Wildman–Crippen MR) is 74.4 cm³/mol. The van der Waals surface area contributed by atoms with E-state index in [4.69, 9.17) is 10.8 Å². The van der Waals surface area contributed by atoms with Gasteiger partial charge in [-0.2, -0.15) is 0 Å². The number of hydrogen-bond acceptors (Lipinski definition) is 2. The zero-order valence-electron chi connectivity index (χ0n) is 11.7. The van der Waals surface area contributed by atoms with E-state index < -0.39 is 0 Å². The highest BCUT2D eigenvalue weighted by Crippen LogP contribution is 2.41. The second-order valence-electron chi connectivity index (χ2n) is 4.85. The minimum absolute atomic E-state index is 0.127. The lowest BCUT2D eigenvalue weighted by Gasteiger charge is -2.40. The van der Waals surface area contributed by atoms with Crippen LogP contribution < -0.4 is 5.73 Å². The Kier molecular flexibility index (Phi) is 7.18. The molecule has 1 unspecified atom stereocenters. The van der Waals surface area contributed by atoms with Gasteiger partial charge in [-0.3, -0.25) is 0 Å². The molecule has 3 N–H and O–H groups in total. The van der Waals surface area contributed by atoms with Gasteiger partial charge in [0, 0.05) is 24.1 Å². The molecule has 0 bridgehead atoms. The maximum atomic E-state index is 9.06. The van der Waals surface area contributed by atoms with Crippen LogP contribution in [0.4, 0.5) is 0 Å². The van der Waals surface area contributed by atoms with Gasteiger partial charge in [-0.05, 0) is 31.6 Å². The quantitative estimate of drug-likeness (QED) is 0.669. The van der Waals surface area contributed by atoms with Crippen LogP contribution in [0.25, 0.3) is 0 Å². The number of nitrogens with two attached hydrogens (primary N) is 1. The predicted octanol–water partition coefficient (Wildman–Crippen LogP) is 2.58. The average molecular weight is 237 g/mol. The summed E-state index contributed by atoms with van der Waals surface area (Å²) in [5.74, 6) is 6.78. The van der Waals surface area contributed by atoms with Gasteiger partial charge in [-0.15, -0.1) is 5.92 Å². The first-order valence-electron chi connectivity index (χ1n) is 6.43. The van der Waals surface area contributed by atoms with Gasteiger partial charge in [0.05, 0.1) is 0 Å². The van der Waals surface area contributed by atoms with E-state index in [-0.39, 0.29) is 12.0 Å². The van der Waals surface area contributed by atoms with E-state index in [1.165, 1.54) is 0 Å². The molecule has 2 heteroatoms. The highest BCUT2D eigenvalue weighted by molar-refractivity contribution is 5.33.